The van der Waals surface area contributed by atoms with Gasteiger partial charge >= 0.3 is 11.9 Å². The van der Waals surface area contributed by atoms with Crippen molar-refractivity contribution in [3.05, 3.63) is 0 Å². The molecule has 0 heterocycles. The van der Waals surface area contributed by atoms with Gasteiger partial charge in [0.25, 0.3) is 0 Å². The number of carbonyl (C=O) groups excluding carboxylic acids is 2. The number of carbonyl (C=O) groups is 2. The van der Waals surface area contributed by atoms with Crippen LogP contribution in [0.25, 0.3) is 0 Å². The Morgan fingerprint density at radius 2 is 1.03 bits per heavy atom. The molecule has 29 heavy (non-hydrogen) atoms. The molecule has 0 bridgehead atoms. The minimum atomic E-state index is -0.485. The summed E-state index contributed by atoms with van der Waals surface area (Å²) < 4.78 is 9.43. The van der Waals surface area contributed by atoms with Crippen molar-refractivity contribution in [1.29, 1.82) is 0 Å². The molecule has 0 N–H and O–H groups in total. The summed E-state index contributed by atoms with van der Waals surface area (Å²) in [7, 11) is 0. The summed E-state index contributed by atoms with van der Waals surface area (Å²) in [5.41, 5.74) is 0. The first kappa shape index (κ1) is 29.8. The van der Waals surface area contributed by atoms with E-state index in [0.717, 1.165) is 13.0 Å². The van der Waals surface area contributed by atoms with E-state index in [0.29, 0.717) is 26.3 Å². The average Bonchev–Trinajstić information content (AvgIpc) is 2.68. The van der Waals surface area contributed by atoms with Gasteiger partial charge in [0, 0.05) is 13.1 Å². The molecule has 0 saturated carbocycles. The van der Waals surface area contributed by atoms with Crippen LogP contribution in [0.5, 0.6) is 0 Å². The van der Waals surface area contributed by atoms with Crippen LogP contribution in [0.15, 0.2) is 0 Å². The van der Waals surface area contributed by atoms with Gasteiger partial charge in [-0.1, -0.05) is 128 Å². The second-order valence-corrected chi connectivity index (χ2v) is 13.1. The van der Waals surface area contributed by atoms with E-state index in [-0.39, 0.29) is 11.9 Å². The van der Waals surface area contributed by atoms with Crippen molar-refractivity contribution in [3.8, 4) is 0 Å². The summed E-state index contributed by atoms with van der Waals surface area (Å²) in [5, 5.41) is 0. The van der Waals surface area contributed by atoms with Crippen molar-refractivity contribution in [3.63, 3.8) is 0 Å². The van der Waals surface area contributed by atoms with Crippen LogP contribution in [0.3, 0.4) is 0 Å². The maximum atomic E-state index is 11.5. The number of hydrogen-bond acceptors (Lipinski definition) is 5. The van der Waals surface area contributed by atoms with Crippen LogP contribution in [0.4, 0.5) is 0 Å². The fraction of sp³-hybridized carbons (Fsp3) is 0.900. The van der Waals surface area contributed by atoms with Gasteiger partial charge in [0.1, 0.15) is 13.2 Å². The Labute approximate surface area is 209 Å². The Morgan fingerprint density at radius 1 is 0.655 bits per heavy atom. The third kappa shape index (κ3) is 19.2. The largest absolute Gasteiger partial charge is 0.463 e. The van der Waals surface area contributed by atoms with Crippen molar-refractivity contribution in [2.24, 2.45) is 0 Å². The summed E-state index contributed by atoms with van der Waals surface area (Å²) in [5.74, 6) is -0.673. The molecule has 0 amide bonds. The van der Waals surface area contributed by atoms with Gasteiger partial charge in [-0.15, -0.1) is 0 Å². The van der Waals surface area contributed by atoms with E-state index in [1.165, 1.54) is 57.8 Å². The van der Waals surface area contributed by atoms with E-state index in [1.54, 1.807) is 0 Å². The molecule has 5 nitrogen and oxygen atoms in total. The van der Waals surface area contributed by atoms with Crippen molar-refractivity contribution >= 4 is 75.7 Å². The second kappa shape index (κ2) is 20.7. The van der Waals surface area contributed by atoms with Crippen LogP contribution >= 0.6 is 63.7 Å². The summed E-state index contributed by atoms with van der Waals surface area (Å²) in [6, 6.07) is 0. The Bertz CT molecular complexity index is 399. The minimum absolute atomic E-state index is 0.317. The van der Waals surface area contributed by atoms with E-state index in [9.17, 15) is 9.59 Å². The maximum Gasteiger partial charge on any atom is 0.330 e. The standard InChI is InChI=1S/C20H35Br4NO4/c1-2-3-4-5-6-7-8-9-10-11-12-25(13-15-28-19(26)17(21)22)14-16-29-20(27)18(23)24/h17-18H,2-16H2,1H3. The van der Waals surface area contributed by atoms with Crippen molar-refractivity contribution in [2.75, 3.05) is 32.8 Å². The number of hydrogen-bond donors (Lipinski definition) is 0. The zero-order valence-corrected chi connectivity index (χ0v) is 23.7. The minimum Gasteiger partial charge on any atom is -0.463 e. The highest BCUT2D eigenvalue weighted by Gasteiger charge is 2.15. The smallest absolute Gasteiger partial charge is 0.330 e. The average molecular weight is 673 g/mol. The predicted octanol–water partition coefficient (Wildman–Crippen LogP) is 6.53. The van der Waals surface area contributed by atoms with Gasteiger partial charge in [0.15, 0.2) is 7.47 Å². The molecule has 0 aliphatic carbocycles. The van der Waals surface area contributed by atoms with Gasteiger partial charge in [0.2, 0.25) is 0 Å². The summed E-state index contributed by atoms with van der Waals surface area (Å²) >= 11 is 12.5. The van der Waals surface area contributed by atoms with Crippen LogP contribution in [0, 0.1) is 0 Å². The van der Waals surface area contributed by atoms with Crippen molar-refractivity contribution in [1.82, 2.24) is 4.90 Å². The topological polar surface area (TPSA) is 55.8 Å². The molecule has 0 aliphatic heterocycles. The van der Waals surface area contributed by atoms with Crippen LogP contribution < -0.4 is 0 Å². The van der Waals surface area contributed by atoms with Crippen LogP contribution in [0.2, 0.25) is 0 Å². The fourth-order valence-corrected chi connectivity index (χ4v) is 3.36. The zero-order chi connectivity index (χ0) is 21.9. The first-order chi connectivity index (χ1) is 13.9. The Morgan fingerprint density at radius 3 is 1.41 bits per heavy atom. The summed E-state index contributed by atoms with van der Waals surface area (Å²) in [6.07, 6.45) is 12.9. The Kier molecular flexibility index (Phi) is 21.3. The van der Waals surface area contributed by atoms with Crippen LogP contribution in [0.1, 0.15) is 71.1 Å². The van der Waals surface area contributed by atoms with E-state index >= 15 is 0 Å². The molecule has 9 heteroatoms. The molecule has 0 fully saturated rings. The molecule has 0 aromatic rings. The van der Waals surface area contributed by atoms with Crippen LogP contribution in [-0.4, -0.2) is 57.2 Å². The van der Waals surface area contributed by atoms with Crippen LogP contribution in [-0.2, 0) is 19.1 Å². The molecular formula is C20H35Br4NO4. The first-order valence-corrected chi connectivity index (χ1v) is 14.2. The third-order valence-corrected chi connectivity index (χ3v) is 5.98. The van der Waals surface area contributed by atoms with Gasteiger partial charge in [-0.3, -0.25) is 4.90 Å². The molecular weight excluding hydrogens is 638 g/mol. The van der Waals surface area contributed by atoms with Gasteiger partial charge in [-0.2, -0.15) is 0 Å². The van der Waals surface area contributed by atoms with Crippen molar-refractivity contribution < 1.29 is 19.1 Å². The van der Waals surface area contributed by atoms with Gasteiger partial charge in [-0.05, 0) is 13.0 Å². The molecule has 0 aromatic carbocycles. The van der Waals surface area contributed by atoms with Gasteiger partial charge in [-0.25, -0.2) is 9.59 Å². The lowest BCUT2D eigenvalue weighted by Gasteiger charge is -2.22. The number of ether oxygens (including phenoxy) is 2. The monoisotopic (exact) mass is 669 g/mol. The lowest BCUT2D eigenvalue weighted by molar-refractivity contribution is -0.141. The number of alkyl halides is 4. The molecule has 0 unspecified atom stereocenters. The molecule has 0 atom stereocenters. The van der Waals surface area contributed by atoms with E-state index < -0.39 is 7.47 Å². The first-order valence-electron chi connectivity index (χ1n) is 10.5. The Hall–Kier alpha value is 0.820. The SMILES string of the molecule is CCCCCCCCCCCCN(CCOC(=O)C(Br)Br)CCOC(=O)C(Br)Br. The third-order valence-electron chi connectivity index (χ3n) is 4.49. The van der Waals surface area contributed by atoms with Gasteiger partial charge in [0.05, 0.1) is 0 Å². The second-order valence-electron chi connectivity index (χ2n) is 6.96. The number of halogens is 4. The molecule has 0 spiro atoms. The molecule has 0 aromatic heterocycles. The van der Waals surface area contributed by atoms with Crippen molar-refractivity contribution in [2.45, 2.75) is 78.6 Å². The lowest BCUT2D eigenvalue weighted by Crippen LogP contribution is -2.33. The molecule has 0 saturated heterocycles. The molecule has 0 aliphatic rings. The molecule has 0 rings (SSSR count). The summed E-state index contributed by atoms with van der Waals surface area (Å²) in [4.78, 5) is 25.2. The number of unbranched alkanes of at least 4 members (excludes halogenated alkanes) is 9. The fourth-order valence-electron chi connectivity index (χ4n) is 2.83. The highest BCUT2D eigenvalue weighted by molar-refractivity contribution is 9.25. The highest BCUT2D eigenvalue weighted by atomic mass is 79.9. The number of rotatable bonds is 19. The van der Waals surface area contributed by atoms with E-state index in [4.69, 9.17) is 9.47 Å². The summed E-state index contributed by atoms with van der Waals surface area (Å²) in [6.45, 7) is 5.04. The zero-order valence-electron chi connectivity index (χ0n) is 17.4. The normalized spacial score (nSPS) is 11.4. The molecule has 0 radical (unpaired) electrons. The predicted molar refractivity (Wildman–Crippen MR) is 133 cm³/mol. The highest BCUT2D eigenvalue weighted by Crippen LogP contribution is 2.12. The number of nitrogens with zero attached hydrogens (tertiary/aromatic N) is 1. The quantitative estimate of drug-likeness (QED) is 0.0888. The maximum absolute atomic E-state index is 11.5. The van der Waals surface area contributed by atoms with Gasteiger partial charge < -0.3 is 9.47 Å². The van der Waals surface area contributed by atoms with E-state index in [1.807, 2.05) is 0 Å². The Balaban J connectivity index is 4.00. The number of esters is 2. The van der Waals surface area contributed by atoms with E-state index in [2.05, 4.69) is 75.5 Å². The lowest BCUT2D eigenvalue weighted by atomic mass is 10.1. The molecule has 172 valence electrons.